The molecule has 0 aliphatic carbocycles. The Morgan fingerprint density at radius 3 is 1.34 bits per heavy atom. The number of carbonyl (C=O) groups excluding carboxylic acids is 2. The number of hydrogen-bond acceptors (Lipinski definition) is 5. The van der Waals surface area contributed by atoms with E-state index < -0.39 is 30.4 Å². The van der Waals surface area contributed by atoms with Gasteiger partial charge in [-0.2, -0.15) is 81.0 Å². The topological polar surface area (TPSA) is 161 Å². The molecule has 288 valence electrons. The number of amides is 2. The van der Waals surface area contributed by atoms with Gasteiger partial charge >= 0.3 is 17.9 Å². The minimum Gasteiger partial charge on any atom is -0.481 e. The van der Waals surface area contributed by atoms with Gasteiger partial charge in [-0.05, 0) is 25.7 Å². The van der Waals surface area contributed by atoms with E-state index in [1.165, 1.54) is 49.8 Å². The highest BCUT2D eigenvalue weighted by atomic mass is 32.1. The van der Waals surface area contributed by atoms with E-state index in [0.29, 0.717) is 32.2 Å². The van der Waals surface area contributed by atoms with E-state index in [2.05, 4.69) is 5.32 Å². The molecule has 16 heteroatoms. The summed E-state index contributed by atoms with van der Waals surface area (Å²) < 4.78 is 0. The third-order valence-corrected chi connectivity index (χ3v) is 7.13. The van der Waals surface area contributed by atoms with Crippen molar-refractivity contribution in [3.05, 3.63) is 0 Å². The Bertz CT molecular complexity index is 755. The van der Waals surface area contributed by atoms with Gasteiger partial charge in [0.1, 0.15) is 6.54 Å². The molecule has 0 heterocycles. The zero-order valence-corrected chi connectivity index (χ0v) is 33.7. The second-order valence-corrected chi connectivity index (χ2v) is 10.9. The van der Waals surface area contributed by atoms with Crippen LogP contribution in [0.15, 0.2) is 0 Å². The van der Waals surface area contributed by atoms with Crippen LogP contribution in [-0.4, -0.2) is 69.6 Å². The highest BCUT2D eigenvalue weighted by Gasteiger charge is 2.17. The number of rotatable bonds is 28. The van der Waals surface area contributed by atoms with Gasteiger partial charge in [-0.15, -0.1) is 0 Å². The van der Waals surface area contributed by atoms with Gasteiger partial charge < -0.3 is 25.5 Å². The molecule has 2 amide bonds. The van der Waals surface area contributed by atoms with Crippen LogP contribution >= 0.6 is 81.0 Å². The van der Waals surface area contributed by atoms with Gasteiger partial charge in [-0.1, -0.05) is 97.8 Å². The van der Waals surface area contributed by atoms with Crippen LogP contribution in [0.5, 0.6) is 0 Å². The highest BCUT2D eigenvalue weighted by molar-refractivity contribution is 7.60. The summed E-state index contributed by atoms with van der Waals surface area (Å²) in [6.07, 6.45) is 17.8. The fourth-order valence-corrected chi connectivity index (χ4v) is 4.54. The van der Waals surface area contributed by atoms with Gasteiger partial charge in [0.2, 0.25) is 11.8 Å². The molecule has 0 radical (unpaired) electrons. The average Bonchev–Trinajstić information content (AvgIpc) is 2.89. The van der Waals surface area contributed by atoms with Gasteiger partial charge in [0.05, 0.1) is 5.92 Å². The first-order valence-electron chi connectivity index (χ1n) is 15.3. The normalized spacial score (nSPS) is 9.89. The van der Waals surface area contributed by atoms with E-state index in [1.54, 1.807) is 6.92 Å². The van der Waals surface area contributed by atoms with Crippen LogP contribution in [0.2, 0.25) is 0 Å². The highest BCUT2D eigenvalue weighted by Crippen LogP contribution is 2.14. The molecule has 0 aromatic rings. The zero-order valence-electron chi connectivity index (χ0n) is 27.7. The third-order valence-electron chi connectivity index (χ3n) is 7.13. The van der Waals surface area contributed by atoms with Crippen LogP contribution in [0.4, 0.5) is 0 Å². The Morgan fingerprint density at radius 2 is 0.957 bits per heavy atom. The molecular weight excluding hydrogens is 721 g/mol. The lowest BCUT2D eigenvalue weighted by Crippen LogP contribution is -2.38. The Labute approximate surface area is 326 Å². The minimum atomic E-state index is -1.10. The van der Waals surface area contributed by atoms with Crippen molar-refractivity contribution in [1.82, 2.24) is 10.2 Å². The lowest BCUT2D eigenvalue weighted by molar-refractivity contribution is -0.145. The Kier molecular flexibility index (Phi) is 62.8. The van der Waals surface area contributed by atoms with Crippen molar-refractivity contribution in [1.29, 1.82) is 0 Å². The number of nitrogens with zero attached hydrogens (tertiary/aromatic N) is 1. The van der Waals surface area contributed by atoms with Crippen LogP contribution < -0.4 is 5.32 Å². The van der Waals surface area contributed by atoms with Crippen LogP contribution in [0.25, 0.3) is 0 Å². The third kappa shape index (κ3) is 45.5. The fourth-order valence-electron chi connectivity index (χ4n) is 4.54. The quantitative estimate of drug-likeness (QED) is 0.0621. The maximum Gasteiger partial charge on any atom is 0.323 e. The molecule has 0 saturated carbocycles. The van der Waals surface area contributed by atoms with E-state index in [4.69, 9.17) is 15.3 Å². The van der Waals surface area contributed by atoms with Crippen molar-refractivity contribution >= 4 is 111 Å². The Balaban J connectivity index is -0.000000362. The number of unbranched alkanes of at least 4 members (excludes halogenated alkanes) is 14. The summed E-state index contributed by atoms with van der Waals surface area (Å²) in [6.45, 7) is 1.73. The second-order valence-electron chi connectivity index (χ2n) is 10.9. The Morgan fingerprint density at radius 1 is 0.553 bits per heavy atom. The molecule has 4 N–H and O–H groups in total. The van der Waals surface area contributed by atoms with Gasteiger partial charge in [0, 0.05) is 32.4 Å². The van der Waals surface area contributed by atoms with Gasteiger partial charge in [-0.3, -0.25) is 24.0 Å². The first-order valence-corrected chi connectivity index (χ1v) is 15.3. The number of aliphatic carboxylic acids is 3. The number of carbonyl (C=O) groups is 5. The maximum atomic E-state index is 12.5. The molecule has 0 aromatic carbocycles. The number of carboxylic acids is 3. The first kappa shape index (κ1) is 64.9. The lowest BCUT2D eigenvalue weighted by Gasteiger charge is -2.20. The largest absolute Gasteiger partial charge is 0.481 e. The van der Waals surface area contributed by atoms with E-state index in [-0.39, 0.29) is 126 Å². The van der Waals surface area contributed by atoms with E-state index in [9.17, 15) is 24.0 Å². The Hall–Kier alpha value is -0.550. The molecule has 47 heavy (non-hydrogen) atoms. The molecule has 0 fully saturated rings. The summed E-state index contributed by atoms with van der Waals surface area (Å²) in [4.78, 5) is 58.3. The van der Waals surface area contributed by atoms with Crippen molar-refractivity contribution in [2.45, 2.75) is 143 Å². The average molecular weight is 791 g/mol. The molecule has 10 nitrogen and oxygen atoms in total. The molecule has 0 rings (SSSR count). The number of carboxylic acid groups (broad SMARTS) is 3. The predicted octanol–water partition coefficient (Wildman–Crippen LogP) is 6.94. The van der Waals surface area contributed by atoms with E-state index >= 15 is 0 Å². The van der Waals surface area contributed by atoms with Crippen LogP contribution in [-0.2, 0) is 24.0 Å². The number of nitrogens with one attached hydrogen (secondary N) is 1. The van der Waals surface area contributed by atoms with E-state index in [1.807, 2.05) is 0 Å². The molecular formula is C31H70N2O8S6. The standard InChI is InChI=1S/C30H54N2O8.CH4.6H2S/c1-25(30(39)40)18-16-17-22-31-26(33)21-23-32(24-29(37)38)27(34)19-14-12-10-8-6-4-2-3-5-7-9-11-13-15-20-28(35)36;;;;;;;/h25H,2-24H2,1H3,(H,31,33)(H,35,36)(H,37,38)(H,39,40);1H4;6*1H2/t25-;;;;;;;/m0......./s1. The van der Waals surface area contributed by atoms with Crippen LogP contribution in [0.1, 0.15) is 143 Å². The lowest BCUT2D eigenvalue weighted by atomic mass is 10.0. The summed E-state index contributed by atoms with van der Waals surface area (Å²) in [7, 11) is 0. The van der Waals surface area contributed by atoms with Crippen molar-refractivity contribution in [3.8, 4) is 0 Å². The minimum absolute atomic E-state index is 0. The summed E-state index contributed by atoms with van der Waals surface area (Å²) in [5, 5.41) is 29.4. The fraction of sp³-hybridized carbons (Fsp3) is 0.839. The van der Waals surface area contributed by atoms with Crippen molar-refractivity contribution in [3.63, 3.8) is 0 Å². The molecule has 0 aliphatic heterocycles. The van der Waals surface area contributed by atoms with Crippen molar-refractivity contribution < 1.29 is 39.3 Å². The summed E-state index contributed by atoms with van der Waals surface area (Å²) in [5.41, 5.74) is 0. The van der Waals surface area contributed by atoms with Crippen LogP contribution in [0.3, 0.4) is 0 Å². The molecule has 1 atom stereocenters. The van der Waals surface area contributed by atoms with Crippen molar-refractivity contribution in [2.75, 3.05) is 19.6 Å². The summed E-state index contributed by atoms with van der Waals surface area (Å²) in [6, 6.07) is 0. The van der Waals surface area contributed by atoms with Crippen molar-refractivity contribution in [2.24, 2.45) is 5.92 Å². The van der Waals surface area contributed by atoms with E-state index in [0.717, 1.165) is 38.5 Å². The molecule has 0 spiro atoms. The first-order chi connectivity index (χ1) is 19.1. The second kappa shape index (κ2) is 45.5. The smallest absolute Gasteiger partial charge is 0.323 e. The van der Waals surface area contributed by atoms with Crippen LogP contribution in [0, 0.1) is 5.92 Å². The monoisotopic (exact) mass is 790 g/mol. The number of hydrogen-bond donors (Lipinski definition) is 4. The molecule has 0 bridgehead atoms. The molecule has 0 aliphatic rings. The van der Waals surface area contributed by atoms with Gasteiger partial charge in [0.15, 0.2) is 0 Å². The predicted molar refractivity (Wildman–Crippen MR) is 223 cm³/mol. The molecule has 0 unspecified atom stereocenters. The zero-order chi connectivity index (χ0) is 30.0. The van der Waals surface area contributed by atoms with Gasteiger partial charge in [0.25, 0.3) is 0 Å². The SMILES string of the molecule is C.C[C@@H](CCCCNC(=O)CCN(CC(=O)O)C(=O)CCCCCCCCCCCCCCCCC(=O)O)C(=O)O.S.S.S.S.S.S. The summed E-state index contributed by atoms with van der Waals surface area (Å²) >= 11 is 0. The summed E-state index contributed by atoms with van der Waals surface area (Å²) in [5.74, 6) is -3.53. The molecule has 0 aromatic heterocycles. The molecule has 0 saturated heterocycles. The van der Waals surface area contributed by atoms with Gasteiger partial charge in [-0.25, -0.2) is 0 Å². The maximum absolute atomic E-state index is 12.5.